The Balaban J connectivity index is 1.72. The molecular formula is C16H26N2O4. The van der Waals surface area contributed by atoms with Gasteiger partial charge in [-0.1, -0.05) is 0 Å². The van der Waals surface area contributed by atoms with Gasteiger partial charge in [-0.05, 0) is 46.5 Å². The van der Waals surface area contributed by atoms with Gasteiger partial charge in [0.2, 0.25) is 5.91 Å². The lowest BCUT2D eigenvalue weighted by atomic mass is 9.66. The first-order valence-electron chi connectivity index (χ1n) is 8.19. The molecule has 1 saturated carbocycles. The van der Waals surface area contributed by atoms with E-state index in [0.29, 0.717) is 25.8 Å². The average molecular weight is 310 g/mol. The molecule has 6 heteroatoms. The Labute approximate surface area is 131 Å². The van der Waals surface area contributed by atoms with Crippen LogP contribution in [0.1, 0.15) is 46.5 Å². The van der Waals surface area contributed by atoms with Crippen LogP contribution in [-0.4, -0.2) is 54.3 Å². The maximum Gasteiger partial charge on any atom is 0.411 e. The Morgan fingerprint density at radius 1 is 1.23 bits per heavy atom. The molecule has 22 heavy (non-hydrogen) atoms. The summed E-state index contributed by atoms with van der Waals surface area (Å²) >= 11 is 0. The van der Waals surface area contributed by atoms with Crippen molar-refractivity contribution in [1.29, 1.82) is 0 Å². The molecule has 0 aromatic heterocycles. The molecule has 0 aromatic carbocycles. The molecule has 2 heterocycles. The van der Waals surface area contributed by atoms with Crippen LogP contribution >= 0.6 is 0 Å². The second kappa shape index (κ2) is 5.41. The fourth-order valence-electron chi connectivity index (χ4n) is 3.36. The number of likely N-dealkylation sites (tertiary alicyclic amines) is 1. The number of hydrogen-bond donors (Lipinski definition) is 1. The van der Waals surface area contributed by atoms with Gasteiger partial charge in [0.25, 0.3) is 0 Å². The number of hydrogen-bond acceptors (Lipinski definition) is 4. The first-order valence-corrected chi connectivity index (χ1v) is 8.19. The molecule has 3 fully saturated rings. The molecule has 6 nitrogen and oxygen atoms in total. The summed E-state index contributed by atoms with van der Waals surface area (Å²) in [6, 6.07) is -0.114. The summed E-state index contributed by atoms with van der Waals surface area (Å²) in [6.07, 6.45) is 3.35. The van der Waals surface area contributed by atoms with Crippen molar-refractivity contribution in [3.63, 3.8) is 0 Å². The van der Waals surface area contributed by atoms with E-state index in [4.69, 9.17) is 9.47 Å². The third kappa shape index (κ3) is 3.07. The monoisotopic (exact) mass is 310 g/mol. The maximum atomic E-state index is 12.6. The molecule has 1 unspecified atom stereocenters. The highest BCUT2D eigenvalue weighted by molar-refractivity contribution is 5.89. The van der Waals surface area contributed by atoms with Crippen molar-refractivity contribution in [3.8, 4) is 0 Å². The minimum absolute atomic E-state index is 0.0264. The normalized spacial score (nSPS) is 27.2. The largest absolute Gasteiger partial charge is 0.444 e. The van der Waals surface area contributed by atoms with Crippen LogP contribution in [0.4, 0.5) is 4.79 Å². The van der Waals surface area contributed by atoms with E-state index < -0.39 is 11.6 Å². The van der Waals surface area contributed by atoms with E-state index in [9.17, 15) is 9.59 Å². The van der Waals surface area contributed by atoms with E-state index in [-0.39, 0.29) is 17.4 Å². The van der Waals surface area contributed by atoms with Crippen LogP contribution in [0.3, 0.4) is 0 Å². The van der Waals surface area contributed by atoms with Crippen molar-refractivity contribution in [2.75, 3.05) is 19.8 Å². The van der Waals surface area contributed by atoms with Crippen LogP contribution in [0.5, 0.6) is 0 Å². The molecule has 2 aliphatic heterocycles. The van der Waals surface area contributed by atoms with Gasteiger partial charge in [-0.2, -0.15) is 0 Å². The summed E-state index contributed by atoms with van der Waals surface area (Å²) in [5.74, 6) is -0.0264. The number of ether oxygens (including phenoxy) is 2. The highest BCUT2D eigenvalue weighted by Crippen LogP contribution is 2.46. The van der Waals surface area contributed by atoms with Gasteiger partial charge >= 0.3 is 6.09 Å². The lowest BCUT2D eigenvalue weighted by molar-refractivity contribution is -0.159. The molecule has 1 N–H and O–H groups in total. The molecule has 1 aliphatic carbocycles. The molecule has 3 rings (SSSR count). The zero-order chi connectivity index (χ0) is 16.0. The second-order valence-electron chi connectivity index (χ2n) is 7.77. The molecular weight excluding hydrogens is 284 g/mol. The quantitative estimate of drug-likeness (QED) is 0.842. The molecule has 124 valence electrons. The van der Waals surface area contributed by atoms with Crippen molar-refractivity contribution >= 4 is 12.0 Å². The number of rotatable bonds is 2. The average Bonchev–Trinajstić information content (AvgIpc) is 3.19. The van der Waals surface area contributed by atoms with Crippen molar-refractivity contribution in [1.82, 2.24) is 10.2 Å². The molecule has 1 spiro atoms. The van der Waals surface area contributed by atoms with Crippen LogP contribution in [0.15, 0.2) is 0 Å². The van der Waals surface area contributed by atoms with Crippen molar-refractivity contribution < 1.29 is 19.1 Å². The number of carbonyl (C=O) groups is 2. The minimum Gasteiger partial charge on any atom is -0.444 e. The third-order valence-electron chi connectivity index (χ3n) is 4.67. The number of nitrogens with one attached hydrogen (secondary N) is 1. The van der Waals surface area contributed by atoms with E-state index in [1.807, 2.05) is 20.8 Å². The van der Waals surface area contributed by atoms with Gasteiger partial charge in [-0.25, -0.2) is 4.79 Å². The summed E-state index contributed by atoms with van der Waals surface area (Å²) in [7, 11) is 0. The zero-order valence-electron chi connectivity index (χ0n) is 13.7. The summed E-state index contributed by atoms with van der Waals surface area (Å²) < 4.78 is 10.9. The highest BCUT2D eigenvalue weighted by atomic mass is 16.6. The van der Waals surface area contributed by atoms with Gasteiger partial charge < -0.3 is 14.8 Å². The van der Waals surface area contributed by atoms with E-state index in [1.54, 1.807) is 4.90 Å². The van der Waals surface area contributed by atoms with Crippen LogP contribution in [0, 0.1) is 5.41 Å². The summed E-state index contributed by atoms with van der Waals surface area (Å²) in [6.45, 7) is 7.44. The second-order valence-corrected chi connectivity index (χ2v) is 7.77. The van der Waals surface area contributed by atoms with Gasteiger partial charge in [0.1, 0.15) is 11.6 Å². The maximum absolute atomic E-state index is 12.6. The lowest BCUT2D eigenvalue weighted by Gasteiger charge is -2.57. The van der Waals surface area contributed by atoms with Crippen LogP contribution in [0.25, 0.3) is 0 Å². The zero-order valence-corrected chi connectivity index (χ0v) is 13.7. The van der Waals surface area contributed by atoms with Gasteiger partial charge in [-0.3, -0.25) is 9.69 Å². The van der Waals surface area contributed by atoms with E-state index in [1.165, 1.54) is 0 Å². The van der Waals surface area contributed by atoms with Crippen molar-refractivity contribution in [2.45, 2.75) is 64.1 Å². The summed E-state index contributed by atoms with van der Waals surface area (Å²) in [4.78, 5) is 26.6. The van der Waals surface area contributed by atoms with E-state index >= 15 is 0 Å². The Morgan fingerprint density at radius 3 is 2.41 bits per heavy atom. The van der Waals surface area contributed by atoms with Crippen LogP contribution in [-0.2, 0) is 14.3 Å². The highest BCUT2D eigenvalue weighted by Gasteiger charge is 2.59. The van der Waals surface area contributed by atoms with E-state index in [0.717, 1.165) is 25.7 Å². The van der Waals surface area contributed by atoms with E-state index in [2.05, 4.69) is 5.32 Å². The first kappa shape index (κ1) is 15.6. The van der Waals surface area contributed by atoms with Crippen molar-refractivity contribution in [3.05, 3.63) is 0 Å². The number of nitrogens with zero attached hydrogens (tertiary/aromatic N) is 1. The van der Waals surface area contributed by atoms with Gasteiger partial charge in [0.05, 0.1) is 0 Å². The van der Waals surface area contributed by atoms with Crippen LogP contribution in [0.2, 0.25) is 0 Å². The molecule has 1 atom stereocenters. The lowest BCUT2D eigenvalue weighted by Crippen LogP contribution is -2.72. The third-order valence-corrected chi connectivity index (χ3v) is 4.67. The Kier molecular flexibility index (Phi) is 3.83. The predicted octanol–water partition coefficient (Wildman–Crippen LogP) is 1.68. The number of carbonyl (C=O) groups excluding carboxylic acids is 2. The molecule has 0 bridgehead atoms. The molecule has 0 radical (unpaired) electrons. The first-order chi connectivity index (χ1) is 10.3. The fraction of sp³-hybridized carbons (Fsp3) is 0.875. The summed E-state index contributed by atoms with van der Waals surface area (Å²) in [5.41, 5.74) is -0.679. The Bertz CT molecular complexity index is 461. The summed E-state index contributed by atoms with van der Waals surface area (Å²) in [5, 5.41) is 3.05. The molecule has 2 saturated heterocycles. The minimum atomic E-state index is -0.549. The van der Waals surface area contributed by atoms with Gasteiger partial charge in [-0.15, -0.1) is 0 Å². The smallest absolute Gasteiger partial charge is 0.411 e. The molecule has 3 aliphatic rings. The predicted molar refractivity (Wildman–Crippen MR) is 80.4 cm³/mol. The molecule has 2 amide bonds. The van der Waals surface area contributed by atoms with Gasteiger partial charge in [0.15, 0.2) is 0 Å². The van der Waals surface area contributed by atoms with Crippen molar-refractivity contribution in [2.24, 2.45) is 5.41 Å². The Morgan fingerprint density at radius 2 is 1.86 bits per heavy atom. The fourth-order valence-corrected chi connectivity index (χ4v) is 3.36. The van der Waals surface area contributed by atoms with Gasteiger partial charge in [0, 0.05) is 31.2 Å². The molecule has 0 aromatic rings. The standard InChI is InChI=1S/C16H26N2O4/c1-15(2,3)22-14(20)18-10-16(6-8-21-9-7-16)12(18)13(19)17-11-4-5-11/h11-12H,4-10H2,1-3H3,(H,17,19). The topological polar surface area (TPSA) is 67.9 Å². The SMILES string of the molecule is CC(C)(C)OC(=O)N1CC2(CCOCC2)C1C(=O)NC1CC1. The Hall–Kier alpha value is -1.30. The van der Waals surface area contributed by atoms with Crippen LogP contribution < -0.4 is 5.32 Å². The number of amides is 2.